The molecule has 4 heteroatoms. The summed E-state index contributed by atoms with van der Waals surface area (Å²) in [7, 11) is 0. The molecular weight excluding hydrogens is 192 g/mol. The van der Waals surface area contributed by atoms with E-state index in [9.17, 15) is 0 Å². The van der Waals surface area contributed by atoms with Gasteiger partial charge in [0.25, 0.3) is 0 Å². The molecule has 0 N–H and O–H groups in total. The van der Waals surface area contributed by atoms with Gasteiger partial charge < -0.3 is 9.47 Å². The van der Waals surface area contributed by atoms with Crippen molar-refractivity contribution < 1.29 is 9.47 Å². The fraction of sp³-hybridized carbons (Fsp3) is 1.00. The summed E-state index contributed by atoms with van der Waals surface area (Å²) < 4.78 is 10.8. The molecule has 0 saturated heterocycles. The highest BCUT2D eigenvalue weighted by Crippen LogP contribution is 1.90. The Kier molecular flexibility index (Phi) is 10.3. The molecule has 0 heterocycles. The van der Waals surface area contributed by atoms with Gasteiger partial charge in [-0.15, -0.1) is 0 Å². The van der Waals surface area contributed by atoms with E-state index in [1.54, 1.807) is 0 Å². The molecule has 15 heavy (non-hydrogen) atoms. The summed E-state index contributed by atoms with van der Waals surface area (Å²) in [6, 6.07) is 0. The Balaban J connectivity index is 3.30. The lowest BCUT2D eigenvalue weighted by atomic mass is 10.6. The van der Waals surface area contributed by atoms with Crippen LogP contribution in [0.3, 0.4) is 0 Å². The maximum absolute atomic E-state index is 5.39. The van der Waals surface area contributed by atoms with E-state index in [0.29, 0.717) is 20.3 Å². The normalized spacial score (nSPS) is 11.6. The minimum absolute atomic E-state index is 0.382. The van der Waals surface area contributed by atoms with Crippen molar-refractivity contribution in [1.82, 2.24) is 9.80 Å². The van der Waals surface area contributed by atoms with Gasteiger partial charge in [-0.3, -0.25) is 9.80 Å². The first-order valence-corrected chi connectivity index (χ1v) is 5.88. The molecule has 0 bridgehead atoms. The Hall–Kier alpha value is -0.160. The maximum Gasteiger partial charge on any atom is 0.150 e. The maximum atomic E-state index is 5.39. The zero-order valence-electron chi connectivity index (χ0n) is 10.7. The van der Waals surface area contributed by atoms with E-state index < -0.39 is 0 Å². The Labute approximate surface area is 94.1 Å². The predicted molar refractivity (Wildman–Crippen MR) is 62.6 cm³/mol. The molecule has 0 aromatic carbocycles. The molecule has 0 rings (SSSR count). The first-order chi connectivity index (χ1) is 7.28. The minimum atomic E-state index is 0.382. The molecule has 0 amide bonds. The number of hydrogen-bond acceptors (Lipinski definition) is 4. The van der Waals surface area contributed by atoms with Gasteiger partial charge in [-0.1, -0.05) is 27.7 Å². The highest BCUT2D eigenvalue weighted by atomic mass is 16.7. The van der Waals surface area contributed by atoms with Gasteiger partial charge in [-0.25, -0.2) is 0 Å². The molecule has 0 saturated carbocycles. The fourth-order valence-corrected chi connectivity index (χ4v) is 1.20. The van der Waals surface area contributed by atoms with Gasteiger partial charge in [-0.2, -0.15) is 0 Å². The molecule has 0 unspecified atom stereocenters. The molecule has 0 atom stereocenters. The van der Waals surface area contributed by atoms with Gasteiger partial charge in [0.2, 0.25) is 0 Å². The summed E-state index contributed by atoms with van der Waals surface area (Å²) in [6.07, 6.45) is 0. The minimum Gasteiger partial charge on any atom is -0.340 e. The molecule has 0 aromatic heterocycles. The third kappa shape index (κ3) is 7.73. The SMILES string of the molecule is CCN(CC)COCOCN(CC)CC. The Morgan fingerprint density at radius 2 is 1.00 bits per heavy atom. The topological polar surface area (TPSA) is 24.9 Å². The third-order valence-electron chi connectivity index (χ3n) is 2.50. The van der Waals surface area contributed by atoms with Gasteiger partial charge >= 0.3 is 0 Å². The van der Waals surface area contributed by atoms with Crippen LogP contribution < -0.4 is 0 Å². The summed E-state index contributed by atoms with van der Waals surface area (Å²) >= 11 is 0. The second-order valence-electron chi connectivity index (χ2n) is 3.39. The van der Waals surface area contributed by atoms with Crippen LogP contribution in [-0.2, 0) is 9.47 Å². The van der Waals surface area contributed by atoms with E-state index in [1.165, 1.54) is 0 Å². The summed E-state index contributed by atoms with van der Waals surface area (Å²) in [5, 5.41) is 0. The lowest BCUT2D eigenvalue weighted by molar-refractivity contribution is -0.113. The average Bonchev–Trinajstić information content (AvgIpc) is 2.29. The molecule has 0 radical (unpaired) electrons. The lowest BCUT2D eigenvalue weighted by Gasteiger charge is -2.20. The van der Waals surface area contributed by atoms with Crippen molar-refractivity contribution >= 4 is 0 Å². The Morgan fingerprint density at radius 3 is 1.27 bits per heavy atom. The Morgan fingerprint density at radius 1 is 0.667 bits per heavy atom. The van der Waals surface area contributed by atoms with Crippen LogP contribution in [0, 0.1) is 0 Å². The van der Waals surface area contributed by atoms with Gasteiger partial charge in [-0.05, 0) is 26.2 Å². The molecule has 4 nitrogen and oxygen atoms in total. The summed E-state index contributed by atoms with van der Waals surface area (Å²) in [4.78, 5) is 4.42. The standard InChI is InChI=1S/C11H26N2O2/c1-5-12(6-2)9-14-11-15-10-13(7-3)8-4/h5-11H2,1-4H3. The molecule has 0 aliphatic rings. The van der Waals surface area contributed by atoms with Crippen LogP contribution in [0.4, 0.5) is 0 Å². The van der Waals surface area contributed by atoms with Crippen molar-refractivity contribution in [3.05, 3.63) is 0 Å². The highest BCUT2D eigenvalue weighted by molar-refractivity contribution is 4.43. The van der Waals surface area contributed by atoms with Crippen LogP contribution in [0.25, 0.3) is 0 Å². The first kappa shape index (κ1) is 14.8. The van der Waals surface area contributed by atoms with Crippen molar-refractivity contribution in [2.75, 3.05) is 46.4 Å². The largest absolute Gasteiger partial charge is 0.340 e. The van der Waals surface area contributed by atoms with Crippen molar-refractivity contribution in [3.8, 4) is 0 Å². The second-order valence-corrected chi connectivity index (χ2v) is 3.39. The number of hydrogen-bond donors (Lipinski definition) is 0. The Bertz CT molecular complexity index is 112. The quantitative estimate of drug-likeness (QED) is 0.410. The van der Waals surface area contributed by atoms with E-state index in [4.69, 9.17) is 9.47 Å². The highest BCUT2D eigenvalue weighted by Gasteiger charge is 2.00. The molecule has 0 fully saturated rings. The fourth-order valence-electron chi connectivity index (χ4n) is 1.20. The molecule has 92 valence electrons. The zero-order chi connectivity index (χ0) is 11.5. The van der Waals surface area contributed by atoms with E-state index in [-0.39, 0.29) is 0 Å². The van der Waals surface area contributed by atoms with Crippen molar-refractivity contribution in [2.24, 2.45) is 0 Å². The third-order valence-corrected chi connectivity index (χ3v) is 2.50. The van der Waals surface area contributed by atoms with Gasteiger partial charge in [0.05, 0.1) is 0 Å². The summed E-state index contributed by atoms with van der Waals surface area (Å²) in [5.41, 5.74) is 0. The molecule has 0 aliphatic heterocycles. The smallest absolute Gasteiger partial charge is 0.150 e. The van der Waals surface area contributed by atoms with E-state index in [0.717, 1.165) is 26.2 Å². The average molecular weight is 218 g/mol. The lowest BCUT2D eigenvalue weighted by Crippen LogP contribution is -2.29. The molecular formula is C11H26N2O2. The number of nitrogens with zero attached hydrogens (tertiary/aromatic N) is 2. The van der Waals surface area contributed by atoms with E-state index in [2.05, 4.69) is 37.5 Å². The van der Waals surface area contributed by atoms with Crippen molar-refractivity contribution in [1.29, 1.82) is 0 Å². The van der Waals surface area contributed by atoms with Gasteiger partial charge in [0, 0.05) is 0 Å². The van der Waals surface area contributed by atoms with Gasteiger partial charge in [0.15, 0.2) is 0 Å². The van der Waals surface area contributed by atoms with Crippen LogP contribution in [0.5, 0.6) is 0 Å². The monoisotopic (exact) mass is 218 g/mol. The van der Waals surface area contributed by atoms with Crippen LogP contribution in [0.2, 0.25) is 0 Å². The number of rotatable bonds is 10. The molecule has 0 aliphatic carbocycles. The van der Waals surface area contributed by atoms with Crippen molar-refractivity contribution in [2.45, 2.75) is 27.7 Å². The van der Waals surface area contributed by atoms with E-state index in [1.807, 2.05) is 0 Å². The van der Waals surface area contributed by atoms with E-state index >= 15 is 0 Å². The van der Waals surface area contributed by atoms with Crippen LogP contribution >= 0.6 is 0 Å². The summed E-state index contributed by atoms with van der Waals surface area (Å²) in [5.74, 6) is 0. The predicted octanol–water partition coefficient (Wildman–Crippen LogP) is 1.58. The summed E-state index contributed by atoms with van der Waals surface area (Å²) in [6.45, 7) is 14.3. The zero-order valence-corrected chi connectivity index (χ0v) is 10.7. The van der Waals surface area contributed by atoms with Crippen molar-refractivity contribution in [3.63, 3.8) is 0 Å². The van der Waals surface area contributed by atoms with Crippen LogP contribution in [-0.4, -0.2) is 56.2 Å². The van der Waals surface area contributed by atoms with Crippen LogP contribution in [0.15, 0.2) is 0 Å². The number of ether oxygens (including phenoxy) is 2. The first-order valence-electron chi connectivity index (χ1n) is 5.88. The van der Waals surface area contributed by atoms with Crippen LogP contribution in [0.1, 0.15) is 27.7 Å². The van der Waals surface area contributed by atoms with Gasteiger partial charge in [0.1, 0.15) is 20.3 Å². The molecule has 0 aromatic rings. The second kappa shape index (κ2) is 10.4. The molecule has 0 spiro atoms.